The molecule has 1 heterocycles. The largest absolute Gasteiger partial charge is 0.492 e. The lowest BCUT2D eigenvalue weighted by molar-refractivity contribution is -0.145. The summed E-state index contributed by atoms with van der Waals surface area (Å²) in [7, 11) is 0. The van der Waals surface area contributed by atoms with Gasteiger partial charge in [-0.25, -0.2) is 0 Å². The van der Waals surface area contributed by atoms with Gasteiger partial charge in [-0.1, -0.05) is 41.4 Å². The van der Waals surface area contributed by atoms with Crippen LogP contribution in [0.15, 0.2) is 52.9 Å². The lowest BCUT2D eigenvalue weighted by Crippen LogP contribution is -2.07. The van der Waals surface area contributed by atoms with Gasteiger partial charge in [0.15, 0.2) is 6.61 Å². The van der Waals surface area contributed by atoms with Crippen molar-refractivity contribution in [1.82, 2.24) is 10.2 Å². The molecule has 0 atom stereocenters. The normalized spacial score (nSPS) is 10.6. The van der Waals surface area contributed by atoms with Crippen molar-refractivity contribution in [2.24, 2.45) is 0 Å². The van der Waals surface area contributed by atoms with E-state index in [0.29, 0.717) is 34.7 Å². The van der Waals surface area contributed by atoms with E-state index in [4.69, 9.17) is 37.1 Å². The number of halogens is 2. The summed E-state index contributed by atoms with van der Waals surface area (Å²) in [6.45, 7) is 0.262. The van der Waals surface area contributed by atoms with Crippen LogP contribution in [-0.4, -0.2) is 22.8 Å². The molecule has 0 N–H and O–H groups in total. The van der Waals surface area contributed by atoms with Crippen LogP contribution in [0.4, 0.5) is 0 Å². The SMILES string of the molecule is O=C(CCCOc1ccc(Cl)cc1Cl)OCc1nnc(-c2ccccc2)o1. The summed E-state index contributed by atoms with van der Waals surface area (Å²) < 4.78 is 16.1. The molecule has 0 saturated heterocycles. The highest BCUT2D eigenvalue weighted by atomic mass is 35.5. The Labute approximate surface area is 166 Å². The van der Waals surface area contributed by atoms with E-state index >= 15 is 0 Å². The zero-order valence-corrected chi connectivity index (χ0v) is 15.7. The number of carbonyl (C=O) groups excluding carboxylic acids is 1. The van der Waals surface area contributed by atoms with E-state index in [0.717, 1.165) is 5.56 Å². The first-order chi connectivity index (χ1) is 13.1. The molecule has 2 aromatic carbocycles. The van der Waals surface area contributed by atoms with Crippen molar-refractivity contribution in [3.63, 3.8) is 0 Å². The third-order valence-corrected chi connectivity index (χ3v) is 4.05. The number of nitrogens with zero attached hydrogens (tertiary/aromatic N) is 2. The van der Waals surface area contributed by atoms with Gasteiger partial charge in [0, 0.05) is 17.0 Å². The Hall–Kier alpha value is -2.57. The number of carbonyl (C=O) groups is 1. The van der Waals surface area contributed by atoms with Crippen LogP contribution in [0, 0.1) is 0 Å². The molecular formula is C19H16Cl2N2O4. The summed E-state index contributed by atoms with van der Waals surface area (Å²) in [5, 5.41) is 8.77. The van der Waals surface area contributed by atoms with E-state index in [-0.39, 0.29) is 24.9 Å². The molecule has 140 valence electrons. The van der Waals surface area contributed by atoms with Crippen LogP contribution in [0.5, 0.6) is 5.75 Å². The van der Waals surface area contributed by atoms with Gasteiger partial charge in [-0.05, 0) is 36.8 Å². The van der Waals surface area contributed by atoms with Crippen molar-refractivity contribution in [2.75, 3.05) is 6.61 Å². The summed E-state index contributed by atoms with van der Waals surface area (Å²) >= 11 is 11.8. The minimum absolute atomic E-state index is 0.0669. The molecule has 0 saturated carbocycles. The van der Waals surface area contributed by atoms with Crippen LogP contribution in [0.1, 0.15) is 18.7 Å². The Bertz CT molecular complexity index is 900. The third-order valence-electron chi connectivity index (χ3n) is 3.52. The van der Waals surface area contributed by atoms with Gasteiger partial charge in [-0.15, -0.1) is 10.2 Å². The van der Waals surface area contributed by atoms with Crippen molar-refractivity contribution in [3.05, 3.63) is 64.5 Å². The molecular weight excluding hydrogens is 391 g/mol. The van der Waals surface area contributed by atoms with Crippen molar-refractivity contribution < 1.29 is 18.7 Å². The molecule has 3 aromatic rings. The molecule has 0 bridgehead atoms. The van der Waals surface area contributed by atoms with E-state index in [1.807, 2.05) is 30.3 Å². The van der Waals surface area contributed by atoms with Gasteiger partial charge in [0.05, 0.1) is 11.6 Å². The van der Waals surface area contributed by atoms with E-state index in [1.54, 1.807) is 18.2 Å². The molecule has 0 aliphatic rings. The Balaban J connectivity index is 1.38. The fourth-order valence-electron chi connectivity index (χ4n) is 2.21. The van der Waals surface area contributed by atoms with Crippen LogP contribution in [0.25, 0.3) is 11.5 Å². The summed E-state index contributed by atoms with van der Waals surface area (Å²) in [4.78, 5) is 11.8. The second-order valence-electron chi connectivity index (χ2n) is 5.55. The van der Waals surface area contributed by atoms with E-state index in [1.165, 1.54) is 0 Å². The number of esters is 1. The standard InChI is InChI=1S/C19H16Cl2N2O4/c20-14-8-9-16(15(21)11-14)25-10-4-7-18(24)26-12-17-22-23-19(27-17)13-5-2-1-3-6-13/h1-3,5-6,8-9,11H,4,7,10,12H2. The highest BCUT2D eigenvalue weighted by molar-refractivity contribution is 6.35. The number of aromatic nitrogens is 2. The second kappa shape index (κ2) is 9.39. The molecule has 0 fully saturated rings. The highest BCUT2D eigenvalue weighted by Crippen LogP contribution is 2.27. The van der Waals surface area contributed by atoms with Gasteiger partial charge in [0.2, 0.25) is 5.89 Å². The summed E-state index contributed by atoms with van der Waals surface area (Å²) in [5.41, 5.74) is 0.806. The Morgan fingerprint density at radius 3 is 2.67 bits per heavy atom. The smallest absolute Gasteiger partial charge is 0.306 e. The highest BCUT2D eigenvalue weighted by Gasteiger charge is 2.11. The van der Waals surface area contributed by atoms with Gasteiger partial charge in [0.25, 0.3) is 5.89 Å². The maximum Gasteiger partial charge on any atom is 0.306 e. The molecule has 0 spiro atoms. The minimum atomic E-state index is -0.375. The predicted octanol–water partition coefficient (Wildman–Crippen LogP) is 4.95. The fraction of sp³-hybridized carbons (Fsp3) is 0.211. The third kappa shape index (κ3) is 5.70. The van der Waals surface area contributed by atoms with E-state index in [9.17, 15) is 4.79 Å². The van der Waals surface area contributed by atoms with Gasteiger partial charge in [-0.3, -0.25) is 4.79 Å². The summed E-state index contributed by atoms with van der Waals surface area (Å²) in [6.07, 6.45) is 0.682. The van der Waals surface area contributed by atoms with E-state index in [2.05, 4.69) is 10.2 Å². The van der Waals surface area contributed by atoms with Gasteiger partial charge in [-0.2, -0.15) is 0 Å². The van der Waals surface area contributed by atoms with Crippen molar-refractivity contribution >= 4 is 29.2 Å². The molecule has 0 amide bonds. The molecule has 0 radical (unpaired) electrons. The first kappa shape index (κ1) is 19.2. The average molecular weight is 407 g/mol. The zero-order valence-electron chi connectivity index (χ0n) is 14.2. The Kier molecular flexibility index (Phi) is 6.68. The Morgan fingerprint density at radius 1 is 1.07 bits per heavy atom. The predicted molar refractivity (Wildman–Crippen MR) is 101 cm³/mol. The van der Waals surface area contributed by atoms with Crippen LogP contribution >= 0.6 is 23.2 Å². The molecule has 3 rings (SSSR count). The molecule has 6 nitrogen and oxygen atoms in total. The second-order valence-corrected chi connectivity index (χ2v) is 6.40. The Morgan fingerprint density at radius 2 is 1.89 bits per heavy atom. The van der Waals surface area contributed by atoms with Crippen molar-refractivity contribution in [3.8, 4) is 17.2 Å². The number of hydrogen-bond donors (Lipinski definition) is 0. The molecule has 0 aliphatic carbocycles. The number of ether oxygens (including phenoxy) is 2. The molecule has 27 heavy (non-hydrogen) atoms. The molecule has 0 unspecified atom stereocenters. The molecule has 8 heteroatoms. The number of benzene rings is 2. The van der Waals surface area contributed by atoms with Crippen LogP contribution in [0.3, 0.4) is 0 Å². The first-order valence-corrected chi connectivity index (χ1v) is 8.98. The molecule has 1 aromatic heterocycles. The van der Waals surface area contributed by atoms with E-state index < -0.39 is 0 Å². The summed E-state index contributed by atoms with van der Waals surface area (Å²) in [5.74, 6) is 0.773. The van der Waals surface area contributed by atoms with Crippen LogP contribution in [0.2, 0.25) is 10.0 Å². The quantitative estimate of drug-likeness (QED) is 0.389. The van der Waals surface area contributed by atoms with Gasteiger partial charge < -0.3 is 13.9 Å². The first-order valence-electron chi connectivity index (χ1n) is 8.23. The molecule has 0 aliphatic heterocycles. The minimum Gasteiger partial charge on any atom is -0.492 e. The fourth-order valence-corrected chi connectivity index (χ4v) is 2.68. The van der Waals surface area contributed by atoms with Crippen molar-refractivity contribution in [1.29, 1.82) is 0 Å². The van der Waals surface area contributed by atoms with Crippen molar-refractivity contribution in [2.45, 2.75) is 19.4 Å². The van der Waals surface area contributed by atoms with Gasteiger partial charge in [0.1, 0.15) is 5.75 Å². The lowest BCUT2D eigenvalue weighted by atomic mass is 10.2. The average Bonchev–Trinajstić information content (AvgIpc) is 3.15. The monoisotopic (exact) mass is 406 g/mol. The zero-order chi connectivity index (χ0) is 19.1. The maximum atomic E-state index is 11.8. The lowest BCUT2D eigenvalue weighted by Gasteiger charge is -2.08. The van der Waals surface area contributed by atoms with Crippen LogP contribution in [-0.2, 0) is 16.1 Å². The maximum absolute atomic E-state index is 11.8. The number of rotatable bonds is 8. The topological polar surface area (TPSA) is 74.5 Å². The van der Waals surface area contributed by atoms with Gasteiger partial charge >= 0.3 is 5.97 Å². The van der Waals surface area contributed by atoms with Crippen LogP contribution < -0.4 is 4.74 Å². The summed E-state index contributed by atoms with van der Waals surface area (Å²) in [6, 6.07) is 14.3. The number of hydrogen-bond acceptors (Lipinski definition) is 6.